The molecule has 8 heteroatoms. The second kappa shape index (κ2) is 8.41. The average Bonchev–Trinajstić information content (AvgIpc) is 2.61. The minimum atomic E-state index is -5.78. The van der Waals surface area contributed by atoms with E-state index in [9.17, 15) is 21.6 Å². The van der Waals surface area contributed by atoms with Gasteiger partial charge in [0.25, 0.3) is 8.32 Å². The lowest BCUT2D eigenvalue weighted by Gasteiger charge is -2.33. The molecular formula is C19H21F3O3SSi. The van der Waals surface area contributed by atoms with E-state index in [0.717, 1.165) is 0 Å². The van der Waals surface area contributed by atoms with Gasteiger partial charge in [0.15, 0.2) is 0 Å². The highest BCUT2D eigenvalue weighted by Crippen LogP contribution is 2.31. The zero-order valence-corrected chi connectivity index (χ0v) is 16.6. The van der Waals surface area contributed by atoms with E-state index in [4.69, 9.17) is 3.87 Å². The van der Waals surface area contributed by atoms with E-state index in [-0.39, 0.29) is 12.0 Å². The Hall–Kier alpha value is -1.90. The van der Waals surface area contributed by atoms with Crippen LogP contribution in [0.25, 0.3) is 0 Å². The van der Waals surface area contributed by atoms with Gasteiger partial charge in [-0.05, 0) is 28.8 Å². The predicted molar refractivity (Wildman–Crippen MR) is 103 cm³/mol. The Morgan fingerprint density at radius 3 is 1.85 bits per heavy atom. The minimum Gasteiger partial charge on any atom is -0.297 e. The van der Waals surface area contributed by atoms with Gasteiger partial charge in [-0.1, -0.05) is 73.7 Å². The summed E-state index contributed by atoms with van der Waals surface area (Å²) in [6, 6.07) is 16.8. The maximum Gasteiger partial charge on any atom is 0.522 e. The first-order chi connectivity index (χ1) is 12.6. The summed E-state index contributed by atoms with van der Waals surface area (Å²) in [6.07, 6.45) is 2.20. The van der Waals surface area contributed by atoms with Gasteiger partial charge >= 0.3 is 15.6 Å². The van der Waals surface area contributed by atoms with Crippen LogP contribution < -0.4 is 10.4 Å². The SMILES string of the molecule is C=CCC(C)C[Si](OS(=O)(=O)C(F)(F)F)(c1ccccc1)c1ccccc1. The summed E-state index contributed by atoms with van der Waals surface area (Å²) < 4.78 is 68.7. The maximum absolute atomic E-state index is 13.2. The zero-order valence-electron chi connectivity index (χ0n) is 14.8. The molecule has 0 aliphatic carbocycles. The van der Waals surface area contributed by atoms with Crippen molar-refractivity contribution in [2.75, 3.05) is 0 Å². The van der Waals surface area contributed by atoms with E-state index in [1.54, 1.807) is 66.7 Å². The molecular weight excluding hydrogens is 393 g/mol. The van der Waals surface area contributed by atoms with Crippen LogP contribution in [-0.2, 0) is 14.0 Å². The number of allylic oxidation sites excluding steroid dienone is 1. The molecule has 0 aliphatic rings. The summed E-state index contributed by atoms with van der Waals surface area (Å²) in [5, 5.41) is 0.944. The molecule has 1 unspecified atom stereocenters. The fraction of sp³-hybridized carbons (Fsp3) is 0.263. The predicted octanol–water partition coefficient (Wildman–Crippen LogP) is 3.82. The molecule has 2 aromatic rings. The largest absolute Gasteiger partial charge is 0.522 e. The number of benzene rings is 2. The fourth-order valence-electron chi connectivity index (χ4n) is 3.04. The third kappa shape index (κ3) is 4.88. The van der Waals surface area contributed by atoms with Crippen molar-refractivity contribution in [3.8, 4) is 0 Å². The standard InChI is InChI=1S/C19H21F3O3SSi/c1-3-10-16(2)15-27(17-11-6-4-7-12-17,18-13-8-5-9-14-18)25-26(23,24)19(20,21)22/h3-9,11-14,16H,1,10,15H2,2H3. The number of hydrogen-bond acceptors (Lipinski definition) is 3. The van der Waals surface area contributed by atoms with Gasteiger partial charge in [-0.15, -0.1) is 6.58 Å². The lowest BCUT2D eigenvalue weighted by Crippen LogP contribution is -2.63. The van der Waals surface area contributed by atoms with E-state index < -0.39 is 23.9 Å². The molecule has 146 valence electrons. The third-order valence-electron chi connectivity index (χ3n) is 4.22. The van der Waals surface area contributed by atoms with Gasteiger partial charge in [0.2, 0.25) is 0 Å². The zero-order chi connectivity index (χ0) is 20.1. The van der Waals surface area contributed by atoms with Crippen LogP contribution in [0.5, 0.6) is 0 Å². The minimum absolute atomic E-state index is 0.113. The Morgan fingerprint density at radius 2 is 1.48 bits per heavy atom. The molecule has 3 nitrogen and oxygen atoms in total. The molecule has 1 atom stereocenters. The summed E-state index contributed by atoms with van der Waals surface area (Å²) in [7, 11) is -9.53. The summed E-state index contributed by atoms with van der Waals surface area (Å²) in [5.74, 6) is -0.113. The molecule has 27 heavy (non-hydrogen) atoms. The van der Waals surface area contributed by atoms with Crippen molar-refractivity contribution in [3.05, 3.63) is 73.3 Å². The summed E-state index contributed by atoms with van der Waals surface area (Å²) in [4.78, 5) is 0. The Balaban J connectivity index is 2.72. The molecule has 0 spiro atoms. The second-order valence-electron chi connectivity index (χ2n) is 6.38. The van der Waals surface area contributed by atoms with Crippen LogP contribution in [0.3, 0.4) is 0 Å². The first kappa shape index (κ1) is 21.4. The quantitative estimate of drug-likeness (QED) is 0.375. The number of alkyl halides is 3. The van der Waals surface area contributed by atoms with Crippen molar-refractivity contribution in [1.29, 1.82) is 0 Å². The molecule has 2 aromatic carbocycles. The Bertz CT molecular complexity index is 813. The Kier molecular flexibility index (Phi) is 6.66. The van der Waals surface area contributed by atoms with Crippen molar-refractivity contribution in [3.63, 3.8) is 0 Å². The van der Waals surface area contributed by atoms with E-state index >= 15 is 0 Å². The number of hydrogen-bond donors (Lipinski definition) is 0. The summed E-state index contributed by atoms with van der Waals surface area (Å²) >= 11 is 0. The normalized spacial score (nSPS) is 13.9. The van der Waals surface area contributed by atoms with Crippen LogP contribution in [0.2, 0.25) is 6.04 Å². The van der Waals surface area contributed by atoms with Crippen LogP contribution >= 0.6 is 0 Å². The van der Waals surface area contributed by atoms with E-state index in [1.165, 1.54) is 0 Å². The highest BCUT2D eigenvalue weighted by atomic mass is 32.2. The first-order valence-electron chi connectivity index (χ1n) is 8.36. The van der Waals surface area contributed by atoms with E-state index in [1.807, 2.05) is 6.92 Å². The molecule has 0 heterocycles. The average molecular weight is 415 g/mol. The smallest absolute Gasteiger partial charge is 0.297 e. The van der Waals surface area contributed by atoms with Crippen LogP contribution in [0.1, 0.15) is 13.3 Å². The Morgan fingerprint density at radius 1 is 1.04 bits per heavy atom. The van der Waals surface area contributed by atoms with Crippen molar-refractivity contribution in [2.45, 2.75) is 24.9 Å². The topological polar surface area (TPSA) is 43.4 Å². The van der Waals surface area contributed by atoms with Gasteiger partial charge in [0.05, 0.1) is 0 Å². The van der Waals surface area contributed by atoms with Gasteiger partial charge in [0.1, 0.15) is 0 Å². The van der Waals surface area contributed by atoms with Crippen LogP contribution in [0.4, 0.5) is 13.2 Å². The van der Waals surface area contributed by atoms with Gasteiger partial charge in [-0.25, -0.2) is 0 Å². The highest BCUT2D eigenvalue weighted by molar-refractivity contribution is 7.88. The van der Waals surface area contributed by atoms with Crippen molar-refractivity contribution < 1.29 is 25.5 Å². The Labute approximate surface area is 158 Å². The molecule has 0 fully saturated rings. The van der Waals surface area contributed by atoms with Crippen molar-refractivity contribution in [1.82, 2.24) is 0 Å². The molecule has 0 radical (unpaired) electrons. The second-order valence-corrected chi connectivity index (χ2v) is 11.6. The van der Waals surface area contributed by atoms with Crippen molar-refractivity contribution >= 4 is 28.8 Å². The first-order valence-corrected chi connectivity index (χ1v) is 11.9. The lowest BCUT2D eigenvalue weighted by molar-refractivity contribution is -0.0502. The molecule has 0 bridgehead atoms. The monoisotopic (exact) mass is 414 g/mol. The summed E-state index contributed by atoms with van der Waals surface area (Å²) in [5.41, 5.74) is -5.49. The summed E-state index contributed by atoms with van der Waals surface area (Å²) in [6.45, 7) is 5.51. The van der Waals surface area contributed by atoms with Crippen LogP contribution in [-0.4, -0.2) is 22.2 Å². The van der Waals surface area contributed by atoms with Gasteiger partial charge < -0.3 is 0 Å². The van der Waals surface area contributed by atoms with E-state index in [0.29, 0.717) is 16.8 Å². The van der Waals surface area contributed by atoms with Crippen molar-refractivity contribution in [2.24, 2.45) is 5.92 Å². The van der Waals surface area contributed by atoms with Gasteiger partial charge in [-0.2, -0.15) is 21.6 Å². The maximum atomic E-state index is 13.2. The molecule has 0 saturated heterocycles. The van der Waals surface area contributed by atoms with Crippen LogP contribution in [0, 0.1) is 5.92 Å². The molecule has 0 N–H and O–H groups in total. The molecule has 0 saturated carbocycles. The van der Waals surface area contributed by atoms with Gasteiger partial charge in [0, 0.05) is 0 Å². The van der Waals surface area contributed by atoms with Crippen LogP contribution in [0.15, 0.2) is 73.3 Å². The molecule has 0 amide bonds. The molecule has 2 rings (SSSR count). The van der Waals surface area contributed by atoms with E-state index in [2.05, 4.69) is 6.58 Å². The molecule has 0 aromatic heterocycles. The molecule has 0 aliphatic heterocycles. The lowest BCUT2D eigenvalue weighted by atomic mass is 10.1. The fourth-order valence-corrected chi connectivity index (χ4v) is 9.37. The number of rotatable bonds is 8. The van der Waals surface area contributed by atoms with Gasteiger partial charge in [-0.3, -0.25) is 3.87 Å². The number of halogens is 3. The third-order valence-corrected chi connectivity index (χ3v) is 10.6. The highest BCUT2D eigenvalue weighted by Gasteiger charge is 2.54.